The van der Waals surface area contributed by atoms with Crippen LogP contribution in [0.2, 0.25) is 0 Å². The van der Waals surface area contributed by atoms with Crippen molar-refractivity contribution < 1.29 is 17.9 Å². The average Bonchev–Trinajstić information content (AvgIpc) is 2.24. The highest BCUT2D eigenvalue weighted by atomic mass is 79.9. The molecule has 1 rings (SSSR count). The van der Waals surface area contributed by atoms with Crippen LogP contribution in [0.4, 0.5) is 24.5 Å². The van der Waals surface area contributed by atoms with E-state index in [-0.39, 0.29) is 17.6 Å². The maximum Gasteiger partial charge on any atom is 0.261 e. The number of alkyl halides is 2. The molecule has 1 aromatic rings. The average molecular weight is 313 g/mol. The SMILES string of the molecule is Nc1cc(Br)c(F)cc1NCCOCC(F)F. The smallest absolute Gasteiger partial charge is 0.261 e. The van der Waals surface area contributed by atoms with E-state index in [0.717, 1.165) is 0 Å². The zero-order valence-electron chi connectivity index (χ0n) is 8.85. The normalized spacial score (nSPS) is 10.9. The molecule has 0 amide bonds. The van der Waals surface area contributed by atoms with Gasteiger partial charge in [0.2, 0.25) is 0 Å². The first kappa shape index (κ1) is 14.1. The van der Waals surface area contributed by atoms with E-state index in [2.05, 4.69) is 26.0 Å². The number of anilines is 2. The molecule has 0 saturated carbocycles. The summed E-state index contributed by atoms with van der Waals surface area (Å²) in [4.78, 5) is 0. The fourth-order valence-corrected chi connectivity index (χ4v) is 1.51. The molecule has 0 heterocycles. The molecular weight excluding hydrogens is 301 g/mol. The Morgan fingerprint density at radius 1 is 1.41 bits per heavy atom. The Bertz CT molecular complexity index is 377. The van der Waals surface area contributed by atoms with Crippen molar-refractivity contribution >= 4 is 27.3 Å². The van der Waals surface area contributed by atoms with Crippen molar-refractivity contribution in [3.05, 3.63) is 22.4 Å². The first-order valence-corrected chi connectivity index (χ1v) is 5.64. The van der Waals surface area contributed by atoms with Crippen molar-refractivity contribution in [2.75, 3.05) is 30.8 Å². The Morgan fingerprint density at radius 3 is 2.76 bits per heavy atom. The molecule has 0 saturated heterocycles. The lowest BCUT2D eigenvalue weighted by Crippen LogP contribution is -2.14. The third-order valence-electron chi connectivity index (χ3n) is 1.90. The highest BCUT2D eigenvalue weighted by molar-refractivity contribution is 9.10. The summed E-state index contributed by atoms with van der Waals surface area (Å²) in [7, 11) is 0. The van der Waals surface area contributed by atoms with Crippen LogP contribution in [0.5, 0.6) is 0 Å². The third-order valence-corrected chi connectivity index (χ3v) is 2.51. The van der Waals surface area contributed by atoms with Gasteiger partial charge in [-0.1, -0.05) is 0 Å². The highest BCUT2D eigenvalue weighted by Crippen LogP contribution is 2.26. The summed E-state index contributed by atoms with van der Waals surface area (Å²) in [6, 6.07) is 2.66. The molecule has 0 bridgehead atoms. The van der Waals surface area contributed by atoms with Gasteiger partial charge in [-0.2, -0.15) is 0 Å². The fraction of sp³-hybridized carbons (Fsp3) is 0.400. The minimum absolute atomic E-state index is 0.0987. The molecule has 7 heteroatoms. The van der Waals surface area contributed by atoms with Gasteiger partial charge in [0.25, 0.3) is 6.43 Å². The number of ether oxygens (including phenoxy) is 1. The number of hydrogen-bond donors (Lipinski definition) is 2. The molecule has 0 spiro atoms. The maximum atomic E-state index is 13.2. The molecule has 0 aliphatic rings. The Balaban J connectivity index is 2.39. The zero-order chi connectivity index (χ0) is 12.8. The monoisotopic (exact) mass is 312 g/mol. The number of halogens is 4. The minimum Gasteiger partial charge on any atom is -0.397 e. The van der Waals surface area contributed by atoms with E-state index in [4.69, 9.17) is 5.73 Å². The third kappa shape index (κ3) is 4.82. The summed E-state index contributed by atoms with van der Waals surface area (Å²) >= 11 is 3.00. The number of nitrogens with one attached hydrogen (secondary N) is 1. The lowest BCUT2D eigenvalue weighted by Gasteiger charge is -2.10. The fourth-order valence-electron chi connectivity index (χ4n) is 1.15. The summed E-state index contributed by atoms with van der Waals surface area (Å²) in [5.74, 6) is -0.449. The Hall–Kier alpha value is -0.950. The van der Waals surface area contributed by atoms with E-state index in [1.165, 1.54) is 12.1 Å². The van der Waals surface area contributed by atoms with Gasteiger partial charge in [0.15, 0.2) is 0 Å². The van der Waals surface area contributed by atoms with Crippen LogP contribution in [0.1, 0.15) is 0 Å². The predicted molar refractivity (Wildman–Crippen MR) is 63.8 cm³/mol. The molecule has 0 fully saturated rings. The lowest BCUT2D eigenvalue weighted by molar-refractivity contribution is 0.0215. The second-order valence-electron chi connectivity index (χ2n) is 3.25. The molecule has 0 atom stereocenters. The van der Waals surface area contributed by atoms with Crippen molar-refractivity contribution in [2.45, 2.75) is 6.43 Å². The highest BCUT2D eigenvalue weighted by Gasteiger charge is 2.06. The van der Waals surface area contributed by atoms with Gasteiger partial charge in [0.05, 0.1) is 22.5 Å². The van der Waals surface area contributed by atoms with E-state index >= 15 is 0 Å². The topological polar surface area (TPSA) is 47.3 Å². The molecule has 17 heavy (non-hydrogen) atoms. The van der Waals surface area contributed by atoms with Crippen molar-refractivity contribution in [3.8, 4) is 0 Å². The number of hydrogen-bond acceptors (Lipinski definition) is 3. The summed E-state index contributed by atoms with van der Waals surface area (Å²) in [5, 5.41) is 2.80. The molecule has 96 valence electrons. The summed E-state index contributed by atoms with van der Waals surface area (Å²) in [6.45, 7) is -0.231. The van der Waals surface area contributed by atoms with Crippen LogP contribution in [-0.4, -0.2) is 26.2 Å². The molecule has 0 aromatic heterocycles. The van der Waals surface area contributed by atoms with E-state index in [1.807, 2.05) is 0 Å². The zero-order valence-corrected chi connectivity index (χ0v) is 10.4. The van der Waals surface area contributed by atoms with Gasteiger partial charge in [-0.05, 0) is 22.0 Å². The van der Waals surface area contributed by atoms with Crippen LogP contribution in [0.15, 0.2) is 16.6 Å². The van der Waals surface area contributed by atoms with Crippen LogP contribution in [0.3, 0.4) is 0 Å². The minimum atomic E-state index is -2.48. The lowest BCUT2D eigenvalue weighted by atomic mass is 10.2. The van der Waals surface area contributed by atoms with E-state index in [1.54, 1.807) is 0 Å². The molecule has 1 aromatic carbocycles. The van der Waals surface area contributed by atoms with Gasteiger partial charge >= 0.3 is 0 Å². The van der Waals surface area contributed by atoms with Crippen LogP contribution in [-0.2, 0) is 4.74 Å². The molecule has 0 radical (unpaired) electrons. The van der Waals surface area contributed by atoms with Crippen LogP contribution >= 0.6 is 15.9 Å². The van der Waals surface area contributed by atoms with Gasteiger partial charge in [-0.15, -0.1) is 0 Å². The summed E-state index contributed by atoms with van der Waals surface area (Å²) in [5.41, 5.74) is 6.41. The van der Waals surface area contributed by atoms with Crippen molar-refractivity contribution in [2.24, 2.45) is 0 Å². The summed E-state index contributed by atoms with van der Waals surface area (Å²) in [6.07, 6.45) is -2.48. The molecular formula is C10H12BrF3N2O. The van der Waals surface area contributed by atoms with Crippen LogP contribution in [0, 0.1) is 5.82 Å². The van der Waals surface area contributed by atoms with Crippen molar-refractivity contribution in [1.29, 1.82) is 0 Å². The van der Waals surface area contributed by atoms with E-state index < -0.39 is 18.8 Å². The van der Waals surface area contributed by atoms with Crippen LogP contribution in [0.25, 0.3) is 0 Å². The second kappa shape index (κ2) is 6.70. The molecule has 0 unspecified atom stereocenters. The number of rotatable bonds is 6. The standard InChI is InChI=1S/C10H12BrF3N2O/c11-6-3-8(15)9(4-7(6)12)16-1-2-17-5-10(13)14/h3-4,10,16H,1-2,5,15H2. The molecule has 0 aliphatic heterocycles. The van der Waals surface area contributed by atoms with E-state index in [9.17, 15) is 13.2 Å². The first-order chi connectivity index (χ1) is 8.00. The van der Waals surface area contributed by atoms with Gasteiger partial charge < -0.3 is 15.8 Å². The second-order valence-corrected chi connectivity index (χ2v) is 4.10. The maximum absolute atomic E-state index is 13.2. The quantitative estimate of drug-likeness (QED) is 0.627. The Labute approximate surface area is 105 Å². The van der Waals surface area contributed by atoms with Gasteiger partial charge in [-0.25, -0.2) is 13.2 Å². The summed E-state index contributed by atoms with van der Waals surface area (Å²) < 4.78 is 41.5. The number of nitrogens with two attached hydrogens (primary N) is 1. The first-order valence-electron chi connectivity index (χ1n) is 4.85. The Morgan fingerprint density at radius 2 is 2.12 bits per heavy atom. The largest absolute Gasteiger partial charge is 0.397 e. The van der Waals surface area contributed by atoms with E-state index in [0.29, 0.717) is 11.4 Å². The predicted octanol–water partition coefficient (Wildman–Crippen LogP) is 2.86. The number of benzene rings is 1. The van der Waals surface area contributed by atoms with Gasteiger partial charge in [-0.3, -0.25) is 0 Å². The molecule has 3 N–H and O–H groups in total. The van der Waals surface area contributed by atoms with Crippen molar-refractivity contribution in [3.63, 3.8) is 0 Å². The van der Waals surface area contributed by atoms with Crippen molar-refractivity contribution in [1.82, 2.24) is 0 Å². The van der Waals surface area contributed by atoms with Gasteiger partial charge in [0, 0.05) is 12.6 Å². The van der Waals surface area contributed by atoms with Gasteiger partial charge in [0.1, 0.15) is 12.4 Å². The Kier molecular flexibility index (Phi) is 5.57. The molecule has 3 nitrogen and oxygen atoms in total. The molecule has 0 aliphatic carbocycles. The number of nitrogen functional groups attached to an aromatic ring is 1. The van der Waals surface area contributed by atoms with Crippen LogP contribution < -0.4 is 11.1 Å².